The molecule has 0 aromatic rings. The fourth-order valence-electron chi connectivity index (χ4n) is 1.44. The molecule has 14 heavy (non-hydrogen) atoms. The van der Waals surface area contributed by atoms with Crippen LogP contribution in [0.25, 0.3) is 0 Å². The van der Waals surface area contributed by atoms with Gasteiger partial charge in [-0.3, -0.25) is 4.79 Å². The van der Waals surface area contributed by atoms with Gasteiger partial charge in [0, 0.05) is 19.0 Å². The maximum Gasteiger partial charge on any atom is 0.222 e. The molecule has 0 atom stereocenters. The number of hydrogen-bond acceptors (Lipinski definition) is 2. The number of hydrogen-bond donors (Lipinski definition) is 1. The molecular weight excluding hydrogens is 176 g/mol. The smallest absolute Gasteiger partial charge is 0.222 e. The molecule has 0 aliphatic rings. The second kappa shape index (κ2) is 5.35. The van der Waals surface area contributed by atoms with Gasteiger partial charge in [-0.2, -0.15) is 0 Å². The largest absolute Gasteiger partial charge is 0.355 e. The maximum atomic E-state index is 11.4. The van der Waals surface area contributed by atoms with E-state index in [1.807, 2.05) is 27.9 Å². The Balaban J connectivity index is 3.92. The summed E-state index contributed by atoms with van der Waals surface area (Å²) in [6.07, 6.45) is 0. The Bertz CT molecular complexity index is 186. The highest BCUT2D eigenvalue weighted by molar-refractivity contribution is 5.77. The van der Waals surface area contributed by atoms with Crippen LogP contribution < -0.4 is 5.32 Å². The molecule has 1 N–H and O–H groups in total. The third kappa shape index (κ3) is 5.97. The van der Waals surface area contributed by atoms with Crippen LogP contribution in [0.2, 0.25) is 0 Å². The van der Waals surface area contributed by atoms with E-state index in [1.165, 1.54) is 0 Å². The Morgan fingerprint density at radius 1 is 1.36 bits per heavy atom. The molecule has 3 nitrogen and oxygen atoms in total. The van der Waals surface area contributed by atoms with Crippen molar-refractivity contribution in [2.45, 2.75) is 27.7 Å². The lowest BCUT2D eigenvalue weighted by Crippen LogP contribution is -2.41. The standard InChI is InChI=1S/C11H24N2O/c1-9(2)10(14)12-7-11(3,4)8-13(5)6/h9H,7-8H2,1-6H3,(H,12,14). The Morgan fingerprint density at radius 2 is 1.86 bits per heavy atom. The van der Waals surface area contributed by atoms with Crippen molar-refractivity contribution in [2.75, 3.05) is 27.2 Å². The van der Waals surface area contributed by atoms with Crippen molar-refractivity contribution in [3.8, 4) is 0 Å². The van der Waals surface area contributed by atoms with Crippen molar-refractivity contribution in [3.63, 3.8) is 0 Å². The molecule has 0 heterocycles. The van der Waals surface area contributed by atoms with Crippen molar-refractivity contribution in [1.82, 2.24) is 10.2 Å². The Kier molecular flexibility index (Phi) is 5.13. The predicted octanol–water partition coefficient (Wildman–Crippen LogP) is 1.35. The van der Waals surface area contributed by atoms with Gasteiger partial charge < -0.3 is 10.2 Å². The lowest BCUT2D eigenvalue weighted by atomic mass is 9.93. The van der Waals surface area contributed by atoms with Gasteiger partial charge in [-0.15, -0.1) is 0 Å². The van der Waals surface area contributed by atoms with Gasteiger partial charge in [-0.1, -0.05) is 27.7 Å². The summed E-state index contributed by atoms with van der Waals surface area (Å²) < 4.78 is 0. The molecule has 0 aliphatic carbocycles. The lowest BCUT2D eigenvalue weighted by molar-refractivity contribution is -0.124. The average molecular weight is 200 g/mol. The van der Waals surface area contributed by atoms with Gasteiger partial charge in [0.15, 0.2) is 0 Å². The van der Waals surface area contributed by atoms with E-state index in [9.17, 15) is 4.79 Å². The van der Waals surface area contributed by atoms with Gasteiger partial charge in [0.25, 0.3) is 0 Å². The molecule has 0 fully saturated rings. The van der Waals surface area contributed by atoms with Gasteiger partial charge in [0.2, 0.25) is 5.91 Å². The summed E-state index contributed by atoms with van der Waals surface area (Å²) in [6, 6.07) is 0. The van der Waals surface area contributed by atoms with Crippen LogP contribution in [0.5, 0.6) is 0 Å². The average Bonchev–Trinajstić information content (AvgIpc) is 1.97. The van der Waals surface area contributed by atoms with Crippen LogP contribution in [0.3, 0.4) is 0 Å². The summed E-state index contributed by atoms with van der Waals surface area (Å²) in [6.45, 7) is 9.86. The predicted molar refractivity (Wildman–Crippen MR) is 60.2 cm³/mol. The van der Waals surface area contributed by atoms with E-state index in [2.05, 4.69) is 24.1 Å². The molecule has 0 unspecified atom stereocenters. The summed E-state index contributed by atoms with van der Waals surface area (Å²) in [4.78, 5) is 13.5. The van der Waals surface area contributed by atoms with E-state index in [0.717, 1.165) is 13.1 Å². The first-order valence-electron chi connectivity index (χ1n) is 5.17. The Morgan fingerprint density at radius 3 is 2.21 bits per heavy atom. The normalized spacial score (nSPS) is 12.3. The molecule has 0 rings (SSSR count). The first-order valence-corrected chi connectivity index (χ1v) is 5.17. The summed E-state index contributed by atoms with van der Waals surface area (Å²) in [5.74, 6) is 0.210. The van der Waals surface area contributed by atoms with E-state index < -0.39 is 0 Å². The van der Waals surface area contributed by atoms with Gasteiger partial charge in [0.1, 0.15) is 0 Å². The third-order valence-corrected chi connectivity index (χ3v) is 2.01. The monoisotopic (exact) mass is 200 g/mol. The zero-order chi connectivity index (χ0) is 11.4. The number of carbonyl (C=O) groups is 1. The topological polar surface area (TPSA) is 32.3 Å². The summed E-state index contributed by atoms with van der Waals surface area (Å²) in [5, 5.41) is 2.96. The number of amides is 1. The maximum absolute atomic E-state index is 11.4. The molecule has 3 heteroatoms. The molecule has 1 amide bonds. The molecule has 0 saturated heterocycles. The van der Waals surface area contributed by atoms with Crippen LogP contribution >= 0.6 is 0 Å². The van der Waals surface area contributed by atoms with Crippen LogP contribution in [0.15, 0.2) is 0 Å². The van der Waals surface area contributed by atoms with Crippen molar-refractivity contribution in [1.29, 1.82) is 0 Å². The van der Waals surface area contributed by atoms with Crippen molar-refractivity contribution >= 4 is 5.91 Å². The van der Waals surface area contributed by atoms with Crippen LogP contribution in [-0.4, -0.2) is 38.0 Å². The molecule has 0 aromatic carbocycles. The zero-order valence-electron chi connectivity index (χ0n) is 10.3. The fourth-order valence-corrected chi connectivity index (χ4v) is 1.44. The van der Waals surface area contributed by atoms with Gasteiger partial charge in [-0.05, 0) is 19.5 Å². The van der Waals surface area contributed by atoms with Crippen molar-refractivity contribution < 1.29 is 4.79 Å². The van der Waals surface area contributed by atoms with Crippen molar-refractivity contribution in [3.05, 3.63) is 0 Å². The highest BCUT2D eigenvalue weighted by atomic mass is 16.1. The molecule has 0 bridgehead atoms. The minimum absolute atomic E-state index is 0.0742. The van der Waals surface area contributed by atoms with Gasteiger partial charge >= 0.3 is 0 Å². The quantitative estimate of drug-likeness (QED) is 0.726. The molecule has 0 radical (unpaired) electrons. The SMILES string of the molecule is CC(C)C(=O)NCC(C)(C)CN(C)C. The first kappa shape index (κ1) is 13.4. The first-order chi connectivity index (χ1) is 6.24. The van der Waals surface area contributed by atoms with E-state index in [0.29, 0.717) is 0 Å². The minimum Gasteiger partial charge on any atom is -0.355 e. The van der Waals surface area contributed by atoms with E-state index >= 15 is 0 Å². The Labute approximate surface area is 87.9 Å². The molecule has 84 valence electrons. The minimum atomic E-state index is 0.0742. The van der Waals surface area contributed by atoms with Crippen molar-refractivity contribution in [2.24, 2.45) is 11.3 Å². The fraction of sp³-hybridized carbons (Fsp3) is 0.909. The van der Waals surface area contributed by atoms with E-state index in [4.69, 9.17) is 0 Å². The number of rotatable bonds is 5. The van der Waals surface area contributed by atoms with Crippen LogP contribution in [-0.2, 0) is 4.79 Å². The second-order valence-corrected chi connectivity index (χ2v) is 5.27. The summed E-state index contributed by atoms with van der Waals surface area (Å²) >= 11 is 0. The zero-order valence-corrected chi connectivity index (χ0v) is 10.3. The molecule has 0 saturated carbocycles. The van der Waals surface area contributed by atoms with Gasteiger partial charge in [-0.25, -0.2) is 0 Å². The second-order valence-electron chi connectivity index (χ2n) is 5.27. The van der Waals surface area contributed by atoms with E-state index in [-0.39, 0.29) is 17.2 Å². The molecule has 0 aliphatic heterocycles. The highest BCUT2D eigenvalue weighted by Crippen LogP contribution is 2.14. The third-order valence-electron chi connectivity index (χ3n) is 2.01. The van der Waals surface area contributed by atoms with Crippen LogP contribution in [0.4, 0.5) is 0 Å². The summed E-state index contributed by atoms with van der Waals surface area (Å²) in [5.41, 5.74) is 0.133. The number of nitrogens with zero attached hydrogens (tertiary/aromatic N) is 1. The molecule has 0 spiro atoms. The lowest BCUT2D eigenvalue weighted by Gasteiger charge is -2.28. The molecule has 0 aromatic heterocycles. The highest BCUT2D eigenvalue weighted by Gasteiger charge is 2.20. The van der Waals surface area contributed by atoms with Gasteiger partial charge in [0.05, 0.1) is 0 Å². The number of carbonyl (C=O) groups excluding carboxylic acids is 1. The van der Waals surface area contributed by atoms with Crippen LogP contribution in [0.1, 0.15) is 27.7 Å². The number of nitrogens with one attached hydrogen (secondary N) is 1. The summed E-state index contributed by atoms with van der Waals surface area (Å²) in [7, 11) is 4.10. The Hall–Kier alpha value is -0.570. The molecular formula is C11H24N2O. The van der Waals surface area contributed by atoms with Crippen LogP contribution in [0, 0.1) is 11.3 Å². The van der Waals surface area contributed by atoms with E-state index in [1.54, 1.807) is 0 Å².